The van der Waals surface area contributed by atoms with Gasteiger partial charge in [0, 0.05) is 6.07 Å². The van der Waals surface area contributed by atoms with E-state index in [1.165, 1.54) is 18.2 Å². The smallest absolute Gasteiger partial charge is 0.411 e. The molecule has 11 heteroatoms. The van der Waals surface area contributed by atoms with Crippen molar-refractivity contribution < 1.29 is 32.8 Å². The zero-order valence-corrected chi connectivity index (χ0v) is 14.4. The summed E-state index contributed by atoms with van der Waals surface area (Å²) in [5.74, 6) is -3.65. The second kappa shape index (κ2) is 8.41. The molecule has 0 bridgehead atoms. The van der Waals surface area contributed by atoms with Gasteiger partial charge in [0.05, 0.1) is 28.8 Å². The minimum Gasteiger partial charge on any atom is -0.465 e. The number of nitrogens with zero attached hydrogens (tertiary/aromatic N) is 1. The molecule has 0 unspecified atom stereocenters. The van der Waals surface area contributed by atoms with E-state index < -0.39 is 52.2 Å². The quantitative estimate of drug-likeness (QED) is 0.460. The average Bonchev–Trinajstić information content (AvgIpc) is 2.61. The summed E-state index contributed by atoms with van der Waals surface area (Å²) in [7, 11) is 1.02. The van der Waals surface area contributed by atoms with Crippen LogP contribution in [0.4, 0.5) is 25.0 Å². The number of nitro benzene ring substituents is 1. The maximum atomic E-state index is 13.4. The van der Waals surface area contributed by atoms with Gasteiger partial charge in [-0.25, -0.2) is 18.4 Å². The fourth-order valence-electron chi connectivity index (χ4n) is 2.10. The number of methoxy groups -OCH3 is 1. The van der Waals surface area contributed by atoms with Crippen molar-refractivity contribution in [2.24, 2.45) is 0 Å². The van der Waals surface area contributed by atoms with Crippen LogP contribution in [0.2, 0.25) is 5.02 Å². The van der Waals surface area contributed by atoms with Crippen LogP contribution in [0, 0.1) is 21.7 Å². The standard InChI is InChI=1S/C16H11ClF2N2O6/c1-26-15(22)9-5-11(18)12(19)6-13(9)20-16(23)27-7-8-3-2-4-10(17)14(8)21(24)25/h2-6H,7H2,1H3,(H,20,23). The molecule has 2 aromatic carbocycles. The molecule has 0 radical (unpaired) electrons. The Balaban J connectivity index is 2.18. The third-order valence-electron chi connectivity index (χ3n) is 3.31. The summed E-state index contributed by atoms with van der Waals surface area (Å²) in [5.41, 5.74) is -1.26. The molecule has 2 aromatic rings. The summed E-state index contributed by atoms with van der Waals surface area (Å²) < 4.78 is 36.0. The Labute approximate surface area is 155 Å². The number of esters is 1. The number of rotatable bonds is 5. The van der Waals surface area contributed by atoms with E-state index in [2.05, 4.69) is 10.1 Å². The number of halogens is 3. The highest BCUT2D eigenvalue weighted by Gasteiger charge is 2.21. The Bertz CT molecular complexity index is 922. The fourth-order valence-corrected chi connectivity index (χ4v) is 2.36. The van der Waals surface area contributed by atoms with E-state index in [0.29, 0.717) is 12.1 Å². The first-order valence-electron chi connectivity index (χ1n) is 7.17. The number of carbonyl (C=O) groups is 2. The average molecular weight is 401 g/mol. The number of nitrogens with one attached hydrogen (secondary N) is 1. The second-order valence-corrected chi connectivity index (χ2v) is 5.42. The van der Waals surface area contributed by atoms with E-state index in [0.717, 1.165) is 7.11 Å². The van der Waals surface area contributed by atoms with Crippen LogP contribution in [0.3, 0.4) is 0 Å². The monoisotopic (exact) mass is 400 g/mol. The van der Waals surface area contributed by atoms with Crippen molar-refractivity contribution in [3.63, 3.8) is 0 Å². The van der Waals surface area contributed by atoms with Gasteiger partial charge in [-0.1, -0.05) is 17.7 Å². The van der Waals surface area contributed by atoms with Gasteiger partial charge in [0.1, 0.15) is 11.6 Å². The van der Waals surface area contributed by atoms with Crippen molar-refractivity contribution in [1.29, 1.82) is 0 Å². The summed E-state index contributed by atoms with van der Waals surface area (Å²) in [6, 6.07) is 5.18. The lowest BCUT2D eigenvalue weighted by molar-refractivity contribution is -0.385. The Hall–Kier alpha value is -3.27. The molecule has 1 amide bonds. The first-order chi connectivity index (χ1) is 12.7. The van der Waals surface area contributed by atoms with Gasteiger partial charge in [-0.3, -0.25) is 15.4 Å². The molecular formula is C16H11ClF2N2O6. The van der Waals surface area contributed by atoms with E-state index in [-0.39, 0.29) is 10.6 Å². The van der Waals surface area contributed by atoms with Gasteiger partial charge >= 0.3 is 12.1 Å². The number of hydrogen-bond acceptors (Lipinski definition) is 6. The molecule has 8 nitrogen and oxygen atoms in total. The molecule has 0 saturated carbocycles. The van der Waals surface area contributed by atoms with Gasteiger partial charge in [-0.15, -0.1) is 0 Å². The highest BCUT2D eigenvalue weighted by Crippen LogP contribution is 2.29. The van der Waals surface area contributed by atoms with Crippen LogP contribution in [0.15, 0.2) is 30.3 Å². The lowest BCUT2D eigenvalue weighted by Gasteiger charge is -2.11. The van der Waals surface area contributed by atoms with Crippen molar-refractivity contribution in [3.8, 4) is 0 Å². The van der Waals surface area contributed by atoms with Gasteiger partial charge in [0.2, 0.25) is 0 Å². The number of amides is 1. The van der Waals surface area contributed by atoms with Crippen molar-refractivity contribution in [2.45, 2.75) is 6.61 Å². The Kier molecular flexibility index (Phi) is 6.24. The molecule has 0 spiro atoms. The van der Waals surface area contributed by atoms with Crippen LogP contribution in [-0.4, -0.2) is 24.1 Å². The Morgan fingerprint density at radius 3 is 2.56 bits per heavy atom. The molecule has 0 saturated heterocycles. The van der Waals surface area contributed by atoms with Crippen LogP contribution in [-0.2, 0) is 16.1 Å². The van der Waals surface area contributed by atoms with Gasteiger partial charge in [-0.2, -0.15) is 0 Å². The normalized spacial score (nSPS) is 10.2. The molecule has 27 heavy (non-hydrogen) atoms. The summed E-state index contributed by atoms with van der Waals surface area (Å²) in [5, 5.41) is 12.9. The van der Waals surface area contributed by atoms with Crippen LogP contribution < -0.4 is 5.32 Å². The molecule has 0 aliphatic carbocycles. The highest BCUT2D eigenvalue weighted by molar-refractivity contribution is 6.32. The number of anilines is 1. The molecule has 1 N–H and O–H groups in total. The van der Waals surface area contributed by atoms with E-state index in [4.69, 9.17) is 16.3 Å². The molecule has 2 rings (SSSR count). The van der Waals surface area contributed by atoms with E-state index >= 15 is 0 Å². The lowest BCUT2D eigenvalue weighted by atomic mass is 10.1. The molecular weight excluding hydrogens is 390 g/mol. The lowest BCUT2D eigenvalue weighted by Crippen LogP contribution is -2.17. The third-order valence-corrected chi connectivity index (χ3v) is 3.62. The Morgan fingerprint density at radius 2 is 1.93 bits per heavy atom. The molecule has 0 aromatic heterocycles. The maximum Gasteiger partial charge on any atom is 0.411 e. The first kappa shape index (κ1) is 20.0. The van der Waals surface area contributed by atoms with Crippen LogP contribution in [0.25, 0.3) is 0 Å². The summed E-state index contributed by atoms with van der Waals surface area (Å²) in [4.78, 5) is 33.8. The highest BCUT2D eigenvalue weighted by atomic mass is 35.5. The summed E-state index contributed by atoms with van der Waals surface area (Å²) in [6.45, 7) is -0.528. The largest absolute Gasteiger partial charge is 0.465 e. The van der Waals surface area contributed by atoms with Crippen molar-refractivity contribution in [1.82, 2.24) is 0 Å². The molecule has 142 valence electrons. The molecule has 0 atom stereocenters. The first-order valence-corrected chi connectivity index (χ1v) is 7.55. The second-order valence-electron chi connectivity index (χ2n) is 5.01. The summed E-state index contributed by atoms with van der Waals surface area (Å²) in [6.07, 6.45) is -1.17. The zero-order valence-electron chi connectivity index (χ0n) is 13.6. The number of hydrogen-bond donors (Lipinski definition) is 1. The maximum absolute atomic E-state index is 13.4. The van der Waals surface area contributed by atoms with E-state index in [1.54, 1.807) is 0 Å². The van der Waals surface area contributed by atoms with Gasteiger partial charge in [-0.05, 0) is 18.2 Å². The van der Waals surface area contributed by atoms with Crippen LogP contribution in [0.5, 0.6) is 0 Å². The van der Waals surface area contributed by atoms with Crippen LogP contribution >= 0.6 is 11.6 Å². The topological polar surface area (TPSA) is 108 Å². The molecule has 0 aliphatic heterocycles. The van der Waals surface area contributed by atoms with Crippen molar-refractivity contribution >= 4 is 35.0 Å². The number of benzene rings is 2. The van der Waals surface area contributed by atoms with E-state index in [1.807, 2.05) is 0 Å². The number of nitro groups is 1. The predicted octanol–water partition coefficient (Wildman–Crippen LogP) is 4.06. The summed E-state index contributed by atoms with van der Waals surface area (Å²) >= 11 is 5.75. The van der Waals surface area contributed by atoms with Crippen molar-refractivity contribution in [2.75, 3.05) is 12.4 Å². The number of carbonyl (C=O) groups excluding carboxylic acids is 2. The minimum absolute atomic E-state index is 0.0149. The zero-order chi connectivity index (χ0) is 20.1. The van der Waals surface area contributed by atoms with Gasteiger partial charge in [0.25, 0.3) is 5.69 Å². The minimum atomic E-state index is -1.32. The fraction of sp³-hybridized carbons (Fsp3) is 0.125. The van der Waals surface area contributed by atoms with Gasteiger partial charge < -0.3 is 9.47 Å². The SMILES string of the molecule is COC(=O)c1cc(F)c(F)cc1NC(=O)OCc1cccc(Cl)c1[N+](=O)[O-]. The van der Waals surface area contributed by atoms with Crippen LogP contribution in [0.1, 0.15) is 15.9 Å². The molecule has 0 aliphatic rings. The third kappa shape index (κ3) is 4.67. The Morgan fingerprint density at radius 1 is 1.26 bits per heavy atom. The van der Waals surface area contributed by atoms with E-state index in [9.17, 15) is 28.5 Å². The molecule has 0 fully saturated rings. The number of para-hydroxylation sites is 1. The molecule has 0 heterocycles. The van der Waals surface area contributed by atoms with Crippen molar-refractivity contribution in [3.05, 3.63) is 68.2 Å². The van der Waals surface area contributed by atoms with Gasteiger partial charge in [0.15, 0.2) is 11.6 Å². The number of ether oxygens (including phenoxy) is 2. The predicted molar refractivity (Wildman–Crippen MR) is 89.6 cm³/mol.